The number of nitrogens with one attached hydrogen (secondary N) is 1. The Morgan fingerprint density at radius 3 is 2.78 bits per heavy atom. The normalized spacial score (nSPS) is 14.4. The molecule has 4 rings (SSSR count). The largest absolute Gasteiger partial charge is 0.346 e. The van der Waals surface area contributed by atoms with Gasteiger partial charge < -0.3 is 5.32 Å². The fraction of sp³-hybridized carbons (Fsp3) is 0.263. The average molecular weight is 400 g/mol. The van der Waals surface area contributed by atoms with Crippen molar-refractivity contribution in [2.75, 3.05) is 0 Å². The molecule has 0 radical (unpaired) electrons. The van der Waals surface area contributed by atoms with E-state index in [2.05, 4.69) is 20.6 Å². The van der Waals surface area contributed by atoms with Gasteiger partial charge in [0, 0.05) is 19.2 Å². The van der Waals surface area contributed by atoms with Gasteiger partial charge in [0.1, 0.15) is 0 Å². The van der Waals surface area contributed by atoms with Crippen molar-refractivity contribution >= 4 is 40.0 Å². The van der Waals surface area contributed by atoms with Crippen molar-refractivity contribution in [3.05, 3.63) is 63.4 Å². The summed E-state index contributed by atoms with van der Waals surface area (Å²) in [5, 5.41) is 16.5. The minimum atomic E-state index is -0.258. The Morgan fingerprint density at radius 2 is 2.04 bits per heavy atom. The fourth-order valence-corrected chi connectivity index (χ4v) is 3.72. The zero-order valence-corrected chi connectivity index (χ0v) is 16.3. The van der Waals surface area contributed by atoms with Crippen molar-refractivity contribution in [3.63, 3.8) is 0 Å². The number of rotatable bonds is 6. The van der Waals surface area contributed by atoms with Crippen LogP contribution in [0, 0.1) is 0 Å². The van der Waals surface area contributed by atoms with Gasteiger partial charge in [-0.15, -0.1) is 10.2 Å². The molecule has 1 aliphatic carbocycles. The van der Waals surface area contributed by atoms with Crippen molar-refractivity contribution < 1.29 is 4.79 Å². The van der Waals surface area contributed by atoms with E-state index in [0.29, 0.717) is 27.5 Å². The molecule has 0 unspecified atom stereocenters. The van der Waals surface area contributed by atoms with Gasteiger partial charge in [-0.05, 0) is 30.4 Å². The van der Waals surface area contributed by atoms with E-state index in [4.69, 9.17) is 11.6 Å². The molecule has 138 valence electrons. The van der Waals surface area contributed by atoms with Gasteiger partial charge in [-0.25, -0.2) is 0 Å². The molecule has 6 nitrogen and oxygen atoms in total. The minimum absolute atomic E-state index is 0.258. The molecule has 2 heterocycles. The molecule has 1 saturated carbocycles. The molecular weight excluding hydrogens is 382 g/mol. The van der Waals surface area contributed by atoms with E-state index in [1.807, 2.05) is 54.3 Å². The highest BCUT2D eigenvalue weighted by molar-refractivity contribution is 7.15. The molecule has 0 atom stereocenters. The van der Waals surface area contributed by atoms with E-state index in [1.165, 1.54) is 29.7 Å². The van der Waals surface area contributed by atoms with Crippen molar-refractivity contribution in [1.82, 2.24) is 25.3 Å². The zero-order valence-electron chi connectivity index (χ0n) is 14.7. The lowest BCUT2D eigenvalue weighted by Crippen LogP contribution is -2.22. The van der Waals surface area contributed by atoms with E-state index < -0.39 is 0 Å². The van der Waals surface area contributed by atoms with Crippen LogP contribution in [-0.4, -0.2) is 25.9 Å². The maximum absolute atomic E-state index is 12.3. The average Bonchev–Trinajstić information content (AvgIpc) is 3.28. The van der Waals surface area contributed by atoms with E-state index in [0.717, 1.165) is 11.3 Å². The maximum Gasteiger partial charge on any atom is 0.282 e. The highest BCUT2D eigenvalue weighted by Crippen LogP contribution is 2.42. The number of nitrogens with zero attached hydrogens (tertiary/aromatic N) is 4. The first-order valence-electron chi connectivity index (χ1n) is 8.67. The summed E-state index contributed by atoms with van der Waals surface area (Å²) in [5.74, 6) is 0.314. The fourth-order valence-electron chi connectivity index (χ4n) is 2.80. The second-order valence-electron chi connectivity index (χ2n) is 6.46. The van der Waals surface area contributed by atoms with Gasteiger partial charge in [-0.1, -0.05) is 53.3 Å². The van der Waals surface area contributed by atoms with Crippen molar-refractivity contribution in [1.29, 1.82) is 0 Å². The Balaban J connectivity index is 1.47. The highest BCUT2D eigenvalue weighted by atomic mass is 35.5. The van der Waals surface area contributed by atoms with Crippen LogP contribution in [0.2, 0.25) is 0 Å². The number of hydrogen-bond acceptors (Lipinski definition) is 5. The van der Waals surface area contributed by atoms with Crippen LogP contribution in [0.15, 0.2) is 36.5 Å². The summed E-state index contributed by atoms with van der Waals surface area (Å²) in [7, 11) is 1.89. The van der Waals surface area contributed by atoms with Crippen LogP contribution in [0.1, 0.15) is 50.4 Å². The lowest BCUT2D eigenvalue weighted by atomic mass is 10.1. The molecule has 0 bridgehead atoms. The number of carbonyl (C=O) groups is 1. The zero-order chi connectivity index (χ0) is 18.8. The van der Waals surface area contributed by atoms with Gasteiger partial charge in [-0.3, -0.25) is 9.48 Å². The number of hydrogen-bond donors (Lipinski definition) is 1. The van der Waals surface area contributed by atoms with E-state index >= 15 is 0 Å². The highest BCUT2D eigenvalue weighted by Gasteiger charge is 2.28. The third-order valence-corrected chi connectivity index (χ3v) is 5.77. The number of aromatic nitrogens is 4. The third kappa shape index (κ3) is 4.09. The van der Waals surface area contributed by atoms with Crippen LogP contribution >= 0.6 is 22.9 Å². The molecule has 2 aromatic heterocycles. The van der Waals surface area contributed by atoms with Crippen molar-refractivity contribution in [2.24, 2.45) is 7.05 Å². The monoisotopic (exact) mass is 399 g/mol. The van der Waals surface area contributed by atoms with E-state index in [-0.39, 0.29) is 5.91 Å². The predicted octanol–water partition coefficient (Wildman–Crippen LogP) is 3.82. The lowest BCUT2D eigenvalue weighted by molar-refractivity contribution is 0.0950. The molecule has 1 amide bonds. The molecule has 1 N–H and O–H groups in total. The van der Waals surface area contributed by atoms with Gasteiger partial charge >= 0.3 is 0 Å². The molecule has 1 fully saturated rings. The van der Waals surface area contributed by atoms with Crippen LogP contribution in [0.25, 0.3) is 11.1 Å². The van der Waals surface area contributed by atoms with Gasteiger partial charge in [0.05, 0.1) is 16.9 Å². The smallest absolute Gasteiger partial charge is 0.282 e. The number of aryl methyl sites for hydroxylation is 1. The molecule has 1 aromatic carbocycles. The second kappa shape index (κ2) is 7.62. The van der Waals surface area contributed by atoms with E-state index in [1.54, 1.807) is 0 Å². The topological polar surface area (TPSA) is 72.7 Å². The second-order valence-corrected chi connectivity index (χ2v) is 7.84. The first-order valence-corrected chi connectivity index (χ1v) is 9.86. The van der Waals surface area contributed by atoms with Crippen LogP contribution < -0.4 is 5.32 Å². The summed E-state index contributed by atoms with van der Waals surface area (Å²) in [6, 6.07) is 9.72. The first kappa shape index (κ1) is 17.9. The van der Waals surface area contributed by atoms with Gasteiger partial charge in [0.25, 0.3) is 5.91 Å². The third-order valence-electron chi connectivity index (χ3n) is 4.41. The number of carbonyl (C=O) groups excluding carboxylic acids is 1. The quantitative estimate of drug-likeness (QED) is 0.684. The molecular formula is C19H18ClN5OS. The van der Waals surface area contributed by atoms with Gasteiger partial charge in [0.2, 0.25) is 5.01 Å². The minimum Gasteiger partial charge on any atom is -0.346 e. The summed E-state index contributed by atoms with van der Waals surface area (Å²) in [5.41, 5.74) is 3.21. The van der Waals surface area contributed by atoms with Crippen molar-refractivity contribution in [2.45, 2.75) is 25.3 Å². The predicted molar refractivity (Wildman–Crippen MR) is 106 cm³/mol. The SMILES string of the molecule is Cn1ncc(C2CC2)c1/C=C(\Cl)c1nnc(C(=O)NCc2ccccc2)s1. The molecule has 0 saturated heterocycles. The number of amides is 1. The lowest BCUT2D eigenvalue weighted by Gasteiger charge is -2.02. The molecule has 8 heteroatoms. The molecule has 0 aliphatic heterocycles. The Hall–Kier alpha value is -2.51. The van der Waals surface area contributed by atoms with Gasteiger partial charge in [0.15, 0.2) is 5.01 Å². The van der Waals surface area contributed by atoms with Crippen molar-refractivity contribution in [3.8, 4) is 0 Å². The Kier molecular flexibility index (Phi) is 5.05. The van der Waals surface area contributed by atoms with Crippen LogP contribution in [0.3, 0.4) is 0 Å². The molecule has 1 aliphatic rings. The summed E-state index contributed by atoms with van der Waals surface area (Å²) in [6.45, 7) is 0.442. The Labute approximate surface area is 165 Å². The molecule has 3 aromatic rings. The first-order chi connectivity index (χ1) is 13.1. The summed E-state index contributed by atoms with van der Waals surface area (Å²) in [6.07, 6.45) is 6.13. The van der Waals surface area contributed by atoms with Crippen LogP contribution in [0.5, 0.6) is 0 Å². The Morgan fingerprint density at radius 1 is 1.30 bits per heavy atom. The summed E-state index contributed by atoms with van der Waals surface area (Å²) in [4.78, 5) is 12.3. The van der Waals surface area contributed by atoms with E-state index in [9.17, 15) is 4.79 Å². The standard InChI is InChI=1S/C19H18ClN5OS/c1-25-16(14(11-22-25)13-7-8-13)9-15(20)18-23-24-19(27-18)17(26)21-10-12-5-3-2-4-6-12/h2-6,9,11,13H,7-8,10H2,1H3,(H,21,26)/b15-9-. The van der Waals surface area contributed by atoms with Crippen LogP contribution in [0.4, 0.5) is 0 Å². The summed E-state index contributed by atoms with van der Waals surface area (Å²) < 4.78 is 1.81. The summed E-state index contributed by atoms with van der Waals surface area (Å²) >= 11 is 7.63. The van der Waals surface area contributed by atoms with Crippen LogP contribution in [-0.2, 0) is 13.6 Å². The Bertz CT molecular complexity index is 991. The number of halogens is 1. The van der Waals surface area contributed by atoms with Gasteiger partial charge in [-0.2, -0.15) is 5.10 Å². The molecule has 27 heavy (non-hydrogen) atoms. The maximum atomic E-state index is 12.3. The number of benzene rings is 1. The molecule has 0 spiro atoms.